The summed E-state index contributed by atoms with van der Waals surface area (Å²) in [5.41, 5.74) is 3.55. The van der Waals surface area contributed by atoms with E-state index in [-0.39, 0.29) is 17.4 Å². The number of rotatable bonds is 2. The molecule has 2 aromatic carbocycles. The molecular weight excluding hydrogens is 290 g/mol. The number of benzene rings is 2. The molecule has 0 aromatic heterocycles. The van der Waals surface area contributed by atoms with Crippen molar-refractivity contribution in [2.45, 2.75) is 26.3 Å². The number of fused-ring (bicyclic) bond motifs is 1. The molecule has 1 heterocycles. The van der Waals surface area contributed by atoms with Crippen LogP contribution in [0.4, 0.5) is 0 Å². The number of nitrogens with zero attached hydrogens (tertiary/aromatic N) is 1. The van der Waals surface area contributed by atoms with Crippen LogP contribution in [0.5, 0.6) is 5.75 Å². The number of hydrogen-bond acceptors (Lipinski definition) is 3. The number of amides is 1. The van der Waals surface area contributed by atoms with Gasteiger partial charge in [-0.1, -0.05) is 12.1 Å². The van der Waals surface area contributed by atoms with Crippen molar-refractivity contribution < 1.29 is 14.7 Å². The molecule has 4 nitrogen and oxygen atoms in total. The lowest BCUT2D eigenvalue weighted by molar-refractivity contribution is 0.0745. The highest BCUT2D eigenvalue weighted by molar-refractivity contribution is 5.95. The van der Waals surface area contributed by atoms with Gasteiger partial charge in [-0.25, -0.2) is 0 Å². The third kappa shape index (κ3) is 3.26. The minimum atomic E-state index is -0.0338. The fraction of sp³-hybridized carbons (Fsp3) is 0.263. The zero-order chi connectivity index (χ0) is 16.4. The Morgan fingerprint density at radius 1 is 1.00 bits per heavy atom. The van der Waals surface area contributed by atoms with E-state index >= 15 is 0 Å². The molecule has 0 saturated heterocycles. The molecule has 0 fully saturated rings. The van der Waals surface area contributed by atoms with Crippen LogP contribution in [-0.2, 0) is 13.0 Å². The van der Waals surface area contributed by atoms with Crippen LogP contribution in [-0.4, -0.2) is 28.2 Å². The van der Waals surface area contributed by atoms with E-state index in [1.54, 1.807) is 19.1 Å². The smallest absolute Gasteiger partial charge is 0.254 e. The zero-order valence-electron chi connectivity index (χ0n) is 13.1. The maximum Gasteiger partial charge on any atom is 0.254 e. The molecule has 3 rings (SSSR count). The molecule has 118 valence electrons. The summed E-state index contributed by atoms with van der Waals surface area (Å²) in [6.07, 6.45) is 1.74. The first kappa shape index (κ1) is 15.3. The Balaban J connectivity index is 1.84. The minimum Gasteiger partial charge on any atom is -0.508 e. The summed E-state index contributed by atoms with van der Waals surface area (Å²) in [4.78, 5) is 26.0. The zero-order valence-corrected chi connectivity index (χ0v) is 13.1. The first-order valence-electron chi connectivity index (χ1n) is 7.75. The van der Waals surface area contributed by atoms with E-state index in [1.165, 1.54) is 12.1 Å². The van der Waals surface area contributed by atoms with Gasteiger partial charge in [0.05, 0.1) is 0 Å². The van der Waals surface area contributed by atoms with Crippen molar-refractivity contribution in [1.29, 1.82) is 0 Å². The number of phenols is 1. The summed E-state index contributed by atoms with van der Waals surface area (Å²) in [6, 6.07) is 12.1. The first-order chi connectivity index (χ1) is 11.0. The second-order valence-corrected chi connectivity index (χ2v) is 5.92. The van der Waals surface area contributed by atoms with Crippen LogP contribution in [0.25, 0.3) is 0 Å². The lowest BCUT2D eigenvalue weighted by Crippen LogP contribution is -2.30. The maximum atomic E-state index is 12.6. The van der Waals surface area contributed by atoms with Gasteiger partial charge in [-0.05, 0) is 61.2 Å². The van der Waals surface area contributed by atoms with Crippen molar-refractivity contribution >= 4 is 11.7 Å². The largest absolute Gasteiger partial charge is 0.508 e. The van der Waals surface area contributed by atoms with Gasteiger partial charge in [-0.3, -0.25) is 9.59 Å². The summed E-state index contributed by atoms with van der Waals surface area (Å²) < 4.78 is 0. The van der Waals surface area contributed by atoms with E-state index in [0.29, 0.717) is 18.7 Å². The van der Waals surface area contributed by atoms with E-state index in [1.807, 2.05) is 23.1 Å². The molecular formula is C19H19NO3. The van der Waals surface area contributed by atoms with Gasteiger partial charge >= 0.3 is 0 Å². The second kappa shape index (κ2) is 6.24. The molecule has 1 aliphatic rings. The molecule has 0 atom stereocenters. The maximum absolute atomic E-state index is 12.6. The minimum absolute atomic E-state index is 0.0338. The molecule has 0 bridgehead atoms. The van der Waals surface area contributed by atoms with E-state index < -0.39 is 0 Å². The summed E-state index contributed by atoms with van der Waals surface area (Å²) in [6.45, 7) is 2.80. The van der Waals surface area contributed by atoms with Gasteiger partial charge < -0.3 is 10.0 Å². The number of carbonyl (C=O) groups excluding carboxylic acids is 2. The van der Waals surface area contributed by atoms with Gasteiger partial charge in [0.1, 0.15) is 5.75 Å². The summed E-state index contributed by atoms with van der Waals surface area (Å²) in [7, 11) is 0. The van der Waals surface area contributed by atoms with Gasteiger partial charge in [-0.2, -0.15) is 0 Å². The third-order valence-electron chi connectivity index (χ3n) is 4.25. The van der Waals surface area contributed by atoms with Crippen molar-refractivity contribution in [1.82, 2.24) is 4.90 Å². The van der Waals surface area contributed by atoms with Crippen LogP contribution < -0.4 is 0 Å². The molecule has 23 heavy (non-hydrogen) atoms. The van der Waals surface area contributed by atoms with Gasteiger partial charge in [0.15, 0.2) is 5.78 Å². The van der Waals surface area contributed by atoms with Crippen LogP contribution in [0.15, 0.2) is 42.5 Å². The van der Waals surface area contributed by atoms with E-state index in [4.69, 9.17) is 0 Å². The Morgan fingerprint density at radius 2 is 1.70 bits per heavy atom. The van der Waals surface area contributed by atoms with Crippen molar-refractivity contribution in [3.63, 3.8) is 0 Å². The predicted molar refractivity (Wildman–Crippen MR) is 87.6 cm³/mol. The molecule has 1 N–H and O–H groups in total. The fourth-order valence-corrected chi connectivity index (χ4v) is 2.94. The summed E-state index contributed by atoms with van der Waals surface area (Å²) >= 11 is 0. The third-order valence-corrected chi connectivity index (χ3v) is 4.25. The number of phenolic OH excluding ortho intramolecular Hbond substituents is 1. The van der Waals surface area contributed by atoms with Crippen molar-refractivity contribution in [3.05, 3.63) is 64.7 Å². The summed E-state index contributed by atoms with van der Waals surface area (Å²) in [5.74, 6) is 0.182. The van der Waals surface area contributed by atoms with E-state index in [9.17, 15) is 14.7 Å². The molecule has 0 unspecified atom stereocenters. The molecule has 2 aromatic rings. The van der Waals surface area contributed by atoms with Crippen LogP contribution in [0.2, 0.25) is 0 Å². The summed E-state index contributed by atoms with van der Waals surface area (Å²) in [5, 5.41) is 9.34. The lowest BCUT2D eigenvalue weighted by Gasteiger charge is -2.21. The molecule has 0 spiro atoms. The Hall–Kier alpha value is -2.62. The van der Waals surface area contributed by atoms with Crippen molar-refractivity contribution in [2.75, 3.05) is 6.54 Å². The number of ketones is 1. The molecule has 0 saturated carbocycles. The SMILES string of the molecule is CC(=O)c1ccc2c(c1)CCCN(C(=O)c1ccc(O)cc1)C2. The predicted octanol–water partition coefficient (Wildman–Crippen LogP) is 3.18. The average molecular weight is 309 g/mol. The van der Waals surface area contributed by atoms with Gasteiger partial charge in [0.25, 0.3) is 5.91 Å². The highest BCUT2D eigenvalue weighted by Gasteiger charge is 2.20. The number of aromatic hydroxyl groups is 1. The Labute approximate surface area is 135 Å². The van der Waals surface area contributed by atoms with Crippen LogP contribution in [0, 0.1) is 0 Å². The van der Waals surface area contributed by atoms with Crippen molar-refractivity contribution in [3.8, 4) is 5.75 Å². The number of Topliss-reactive ketones (excluding diaryl/α,β-unsaturated/α-hetero) is 1. The number of hydrogen-bond donors (Lipinski definition) is 1. The Kier molecular flexibility index (Phi) is 4.15. The highest BCUT2D eigenvalue weighted by Crippen LogP contribution is 2.22. The quantitative estimate of drug-likeness (QED) is 0.867. The number of carbonyl (C=O) groups is 2. The topological polar surface area (TPSA) is 57.6 Å². The van der Waals surface area contributed by atoms with E-state index in [0.717, 1.165) is 29.5 Å². The normalized spacial score (nSPS) is 14.0. The van der Waals surface area contributed by atoms with Crippen LogP contribution in [0.1, 0.15) is 45.2 Å². The number of aryl methyl sites for hydroxylation is 1. The van der Waals surface area contributed by atoms with Crippen molar-refractivity contribution in [2.24, 2.45) is 0 Å². The fourth-order valence-electron chi connectivity index (χ4n) is 2.94. The molecule has 0 aliphatic carbocycles. The average Bonchev–Trinajstić information content (AvgIpc) is 2.76. The van der Waals surface area contributed by atoms with Gasteiger partial charge in [0, 0.05) is 24.2 Å². The van der Waals surface area contributed by atoms with Gasteiger partial charge in [-0.15, -0.1) is 0 Å². The lowest BCUT2D eigenvalue weighted by atomic mass is 9.99. The van der Waals surface area contributed by atoms with Crippen LogP contribution >= 0.6 is 0 Å². The van der Waals surface area contributed by atoms with E-state index in [2.05, 4.69) is 0 Å². The molecule has 1 amide bonds. The second-order valence-electron chi connectivity index (χ2n) is 5.92. The first-order valence-corrected chi connectivity index (χ1v) is 7.75. The highest BCUT2D eigenvalue weighted by atomic mass is 16.3. The Bertz CT molecular complexity index is 750. The Morgan fingerprint density at radius 3 is 2.39 bits per heavy atom. The van der Waals surface area contributed by atoms with Gasteiger partial charge in [0.2, 0.25) is 0 Å². The molecule has 1 aliphatic heterocycles. The molecule has 0 radical (unpaired) electrons. The van der Waals surface area contributed by atoms with Crippen LogP contribution in [0.3, 0.4) is 0 Å². The molecule has 4 heteroatoms. The monoisotopic (exact) mass is 309 g/mol. The standard InChI is InChI=1S/C19H19NO3/c1-13(21)15-4-5-17-12-20(10-2-3-16(17)11-15)19(23)14-6-8-18(22)9-7-14/h4-9,11,22H,2-3,10,12H2,1H3.